The monoisotopic (exact) mass is 270 g/mol. The molecule has 20 heavy (non-hydrogen) atoms. The maximum atomic E-state index is 6.08. The van der Waals surface area contributed by atoms with Gasteiger partial charge in [-0.05, 0) is 80.8 Å². The van der Waals surface area contributed by atoms with Crippen molar-refractivity contribution in [3.63, 3.8) is 0 Å². The highest BCUT2D eigenvalue weighted by atomic mass is 14.9. The molecule has 0 saturated heterocycles. The van der Waals surface area contributed by atoms with E-state index in [4.69, 9.17) is 5.73 Å². The molecule has 3 N–H and O–H groups in total. The second-order valence-corrected chi connectivity index (χ2v) is 7.53. The molecule has 108 valence electrons. The van der Waals surface area contributed by atoms with Crippen LogP contribution in [0.3, 0.4) is 0 Å². The number of nitrogens with two attached hydrogens (primary N) is 1. The molecule has 4 bridgehead atoms. The SMILES string of the molecule is CC(Nc1ccccc1N)C1C2CC3CC(C2)CC1C3. The Morgan fingerprint density at radius 3 is 2.20 bits per heavy atom. The Morgan fingerprint density at radius 2 is 1.60 bits per heavy atom. The van der Waals surface area contributed by atoms with E-state index in [0.29, 0.717) is 6.04 Å². The number of benzene rings is 1. The largest absolute Gasteiger partial charge is 0.397 e. The third-order valence-electron chi connectivity index (χ3n) is 6.22. The molecule has 4 aliphatic carbocycles. The molecule has 0 radical (unpaired) electrons. The van der Waals surface area contributed by atoms with Gasteiger partial charge in [-0.1, -0.05) is 12.1 Å². The summed E-state index contributed by atoms with van der Waals surface area (Å²) in [7, 11) is 0. The van der Waals surface area contributed by atoms with Crippen LogP contribution in [0.15, 0.2) is 24.3 Å². The number of hydrogen-bond donors (Lipinski definition) is 2. The third-order valence-corrected chi connectivity index (χ3v) is 6.22. The molecule has 2 nitrogen and oxygen atoms in total. The van der Waals surface area contributed by atoms with Crippen LogP contribution >= 0.6 is 0 Å². The second kappa shape index (κ2) is 4.68. The Balaban J connectivity index is 1.51. The van der Waals surface area contributed by atoms with Crippen LogP contribution in [0.4, 0.5) is 11.4 Å². The van der Waals surface area contributed by atoms with Gasteiger partial charge in [-0.3, -0.25) is 0 Å². The van der Waals surface area contributed by atoms with Crippen molar-refractivity contribution in [2.45, 2.75) is 45.1 Å². The summed E-state index contributed by atoms with van der Waals surface area (Å²) in [5, 5.41) is 3.71. The number of rotatable bonds is 3. The topological polar surface area (TPSA) is 38.0 Å². The van der Waals surface area contributed by atoms with Crippen molar-refractivity contribution in [3.8, 4) is 0 Å². The van der Waals surface area contributed by atoms with Crippen molar-refractivity contribution in [1.82, 2.24) is 0 Å². The van der Waals surface area contributed by atoms with E-state index in [1.165, 1.54) is 32.1 Å². The van der Waals surface area contributed by atoms with Gasteiger partial charge in [0.25, 0.3) is 0 Å². The molecule has 1 unspecified atom stereocenters. The van der Waals surface area contributed by atoms with E-state index in [1.54, 1.807) is 0 Å². The van der Waals surface area contributed by atoms with Crippen LogP contribution in [0.1, 0.15) is 39.0 Å². The maximum absolute atomic E-state index is 6.08. The van der Waals surface area contributed by atoms with Crippen LogP contribution in [0, 0.1) is 29.6 Å². The molecule has 0 amide bonds. The van der Waals surface area contributed by atoms with Crippen LogP contribution in [-0.2, 0) is 0 Å². The molecule has 1 atom stereocenters. The molecule has 5 rings (SSSR count). The Morgan fingerprint density at radius 1 is 1.00 bits per heavy atom. The fourth-order valence-electron chi connectivity index (χ4n) is 5.75. The Hall–Kier alpha value is -1.18. The average Bonchev–Trinajstić information content (AvgIpc) is 2.40. The highest BCUT2D eigenvalue weighted by molar-refractivity contribution is 5.66. The minimum absolute atomic E-state index is 0.551. The zero-order valence-corrected chi connectivity index (χ0v) is 12.4. The number of nitrogens with one attached hydrogen (secondary N) is 1. The molecular weight excluding hydrogens is 244 g/mol. The second-order valence-electron chi connectivity index (χ2n) is 7.53. The van der Waals surface area contributed by atoms with Crippen molar-refractivity contribution in [1.29, 1.82) is 0 Å². The number of nitrogen functional groups attached to an aromatic ring is 1. The molecule has 4 saturated carbocycles. The lowest BCUT2D eigenvalue weighted by atomic mass is 9.50. The van der Waals surface area contributed by atoms with Crippen molar-refractivity contribution in [2.24, 2.45) is 29.6 Å². The van der Waals surface area contributed by atoms with Crippen molar-refractivity contribution in [3.05, 3.63) is 24.3 Å². The van der Waals surface area contributed by atoms with Crippen LogP contribution in [-0.4, -0.2) is 6.04 Å². The summed E-state index contributed by atoms with van der Waals surface area (Å²) >= 11 is 0. The zero-order chi connectivity index (χ0) is 13.7. The molecule has 0 spiro atoms. The van der Waals surface area contributed by atoms with E-state index in [0.717, 1.165) is 41.0 Å². The first-order valence-corrected chi connectivity index (χ1v) is 8.31. The van der Waals surface area contributed by atoms with Gasteiger partial charge < -0.3 is 11.1 Å². The van der Waals surface area contributed by atoms with Gasteiger partial charge in [0.05, 0.1) is 11.4 Å². The highest BCUT2D eigenvalue weighted by Crippen LogP contribution is 2.57. The van der Waals surface area contributed by atoms with Gasteiger partial charge in [0.2, 0.25) is 0 Å². The first kappa shape index (κ1) is 12.6. The van der Waals surface area contributed by atoms with Gasteiger partial charge >= 0.3 is 0 Å². The molecule has 4 aliphatic rings. The summed E-state index contributed by atoms with van der Waals surface area (Å²) in [6, 6.07) is 8.74. The normalized spacial score (nSPS) is 39.8. The Labute approximate surface area is 122 Å². The first-order chi connectivity index (χ1) is 9.70. The van der Waals surface area contributed by atoms with E-state index in [9.17, 15) is 0 Å². The highest BCUT2D eigenvalue weighted by Gasteiger charge is 2.49. The van der Waals surface area contributed by atoms with Crippen LogP contribution in [0.5, 0.6) is 0 Å². The minimum atomic E-state index is 0.551. The summed E-state index contributed by atoms with van der Waals surface area (Å²) in [6.45, 7) is 2.37. The average molecular weight is 270 g/mol. The van der Waals surface area contributed by atoms with E-state index >= 15 is 0 Å². The third kappa shape index (κ3) is 2.01. The summed E-state index contributed by atoms with van der Waals surface area (Å²) < 4.78 is 0. The van der Waals surface area contributed by atoms with Gasteiger partial charge in [-0.15, -0.1) is 0 Å². The molecule has 0 heterocycles. The van der Waals surface area contributed by atoms with Gasteiger partial charge in [-0.25, -0.2) is 0 Å². The maximum Gasteiger partial charge on any atom is 0.0576 e. The van der Waals surface area contributed by atoms with Crippen LogP contribution in [0.25, 0.3) is 0 Å². The van der Waals surface area contributed by atoms with Gasteiger partial charge in [0.1, 0.15) is 0 Å². The van der Waals surface area contributed by atoms with Crippen molar-refractivity contribution >= 4 is 11.4 Å². The molecule has 2 heteroatoms. The predicted molar refractivity (Wildman–Crippen MR) is 84.5 cm³/mol. The van der Waals surface area contributed by atoms with Gasteiger partial charge in [-0.2, -0.15) is 0 Å². The summed E-state index contributed by atoms with van der Waals surface area (Å²) in [5.41, 5.74) is 8.08. The summed E-state index contributed by atoms with van der Waals surface area (Å²) in [6.07, 6.45) is 7.51. The van der Waals surface area contributed by atoms with E-state index < -0.39 is 0 Å². The standard InChI is InChI=1S/C18H26N2/c1-11(20-17-5-3-2-4-16(17)19)18-14-7-12-6-13(9-14)10-15(18)8-12/h2-5,11-15,18,20H,6-10,19H2,1H3. The smallest absolute Gasteiger partial charge is 0.0576 e. The summed E-state index contributed by atoms with van der Waals surface area (Å²) in [4.78, 5) is 0. The Bertz CT molecular complexity index is 468. The predicted octanol–water partition coefficient (Wildman–Crippen LogP) is 4.14. The van der Waals surface area contributed by atoms with E-state index in [1.807, 2.05) is 12.1 Å². The van der Waals surface area contributed by atoms with Crippen molar-refractivity contribution < 1.29 is 0 Å². The lowest BCUT2D eigenvalue weighted by Gasteiger charge is -2.56. The first-order valence-electron chi connectivity index (χ1n) is 8.31. The van der Waals surface area contributed by atoms with Crippen molar-refractivity contribution in [2.75, 3.05) is 11.1 Å². The number of para-hydroxylation sites is 2. The fourth-order valence-corrected chi connectivity index (χ4v) is 5.75. The van der Waals surface area contributed by atoms with Crippen LogP contribution < -0.4 is 11.1 Å². The van der Waals surface area contributed by atoms with E-state index in [2.05, 4.69) is 24.4 Å². The Kier molecular flexibility index (Phi) is 2.94. The molecule has 4 fully saturated rings. The van der Waals surface area contributed by atoms with Crippen LogP contribution in [0.2, 0.25) is 0 Å². The number of anilines is 2. The quantitative estimate of drug-likeness (QED) is 0.810. The lowest BCUT2D eigenvalue weighted by molar-refractivity contribution is -0.0417. The zero-order valence-electron chi connectivity index (χ0n) is 12.4. The molecule has 1 aromatic carbocycles. The van der Waals surface area contributed by atoms with Gasteiger partial charge in [0, 0.05) is 6.04 Å². The molecule has 0 aromatic heterocycles. The summed E-state index contributed by atoms with van der Waals surface area (Å²) in [5.74, 6) is 4.92. The van der Waals surface area contributed by atoms with Gasteiger partial charge in [0.15, 0.2) is 0 Å². The molecular formula is C18H26N2. The lowest BCUT2D eigenvalue weighted by Crippen LogP contribution is -2.50. The molecule has 1 aromatic rings. The minimum Gasteiger partial charge on any atom is -0.397 e. The molecule has 0 aliphatic heterocycles. The number of hydrogen-bond acceptors (Lipinski definition) is 2. The van der Waals surface area contributed by atoms with E-state index in [-0.39, 0.29) is 0 Å². The fraction of sp³-hybridized carbons (Fsp3) is 0.667.